The lowest BCUT2D eigenvalue weighted by Crippen LogP contribution is -2.25. The van der Waals surface area contributed by atoms with Crippen LogP contribution in [0.15, 0.2) is 83.9 Å². The number of pyridine rings is 1. The number of benzene rings is 2. The second-order valence-electron chi connectivity index (χ2n) is 6.89. The van der Waals surface area contributed by atoms with Crippen LogP contribution in [0, 0.1) is 5.82 Å². The average Bonchev–Trinajstić information content (AvgIpc) is 2.77. The lowest BCUT2D eigenvalue weighted by atomic mass is 9.96. The van der Waals surface area contributed by atoms with Crippen molar-refractivity contribution in [3.63, 3.8) is 0 Å². The van der Waals surface area contributed by atoms with Crippen molar-refractivity contribution in [3.05, 3.63) is 107 Å². The van der Waals surface area contributed by atoms with E-state index in [1.54, 1.807) is 54.9 Å². The van der Waals surface area contributed by atoms with Crippen molar-refractivity contribution in [1.29, 1.82) is 0 Å². The summed E-state index contributed by atoms with van der Waals surface area (Å²) in [7, 11) is 0. The van der Waals surface area contributed by atoms with E-state index in [0.717, 1.165) is 5.56 Å². The van der Waals surface area contributed by atoms with Gasteiger partial charge in [-0.3, -0.25) is 9.78 Å². The summed E-state index contributed by atoms with van der Waals surface area (Å²) in [6, 6.07) is 18.2. The normalized spacial score (nSPS) is 11.9. The summed E-state index contributed by atoms with van der Waals surface area (Å²) in [4.78, 5) is 17.6. The van der Waals surface area contributed by atoms with Gasteiger partial charge < -0.3 is 4.55 Å². The zero-order valence-corrected chi connectivity index (χ0v) is 17.1. The van der Waals surface area contributed by atoms with Gasteiger partial charge in [0.1, 0.15) is 5.82 Å². The van der Waals surface area contributed by atoms with Crippen LogP contribution in [0.3, 0.4) is 0 Å². The van der Waals surface area contributed by atoms with E-state index in [1.165, 1.54) is 16.8 Å². The summed E-state index contributed by atoms with van der Waals surface area (Å²) in [6.45, 7) is 0.204. The van der Waals surface area contributed by atoms with Crippen molar-refractivity contribution in [2.45, 2.75) is 12.3 Å². The minimum atomic E-state index is -1.94. The van der Waals surface area contributed by atoms with Crippen LogP contribution < -0.4 is 5.56 Å². The van der Waals surface area contributed by atoms with Gasteiger partial charge in [-0.15, -0.1) is 0 Å². The van der Waals surface area contributed by atoms with Crippen molar-refractivity contribution in [1.82, 2.24) is 14.8 Å². The fourth-order valence-electron chi connectivity index (χ4n) is 3.28. The fourth-order valence-corrected chi connectivity index (χ4v) is 3.76. The Bertz CT molecular complexity index is 1270. The quantitative estimate of drug-likeness (QED) is 0.465. The van der Waals surface area contributed by atoms with Crippen LogP contribution in [0.5, 0.6) is 0 Å². The van der Waals surface area contributed by atoms with E-state index in [9.17, 15) is 13.4 Å². The molecule has 0 fully saturated rings. The van der Waals surface area contributed by atoms with Crippen molar-refractivity contribution >= 4 is 11.1 Å². The maximum atomic E-state index is 13.5. The Kier molecular flexibility index (Phi) is 6.11. The van der Waals surface area contributed by atoms with Crippen LogP contribution in [0.4, 0.5) is 4.39 Å². The number of rotatable bonds is 6. The number of hydrogen-bond donors (Lipinski definition) is 1. The molecule has 0 radical (unpaired) electrons. The Hall–Kier alpha value is -3.49. The largest absolute Gasteiger partial charge is 0.306 e. The Balaban J connectivity index is 1.82. The molecular weight excluding hydrogens is 417 g/mol. The molecule has 1 unspecified atom stereocenters. The molecule has 0 aliphatic rings. The molecule has 4 rings (SSSR count). The molecule has 0 aliphatic heterocycles. The highest BCUT2D eigenvalue weighted by atomic mass is 32.2. The van der Waals surface area contributed by atoms with E-state index in [4.69, 9.17) is 4.55 Å². The monoisotopic (exact) mass is 435 g/mol. The van der Waals surface area contributed by atoms with Gasteiger partial charge in [0.25, 0.3) is 5.56 Å². The predicted molar refractivity (Wildman–Crippen MR) is 117 cm³/mol. The predicted octanol–water partition coefficient (Wildman–Crippen LogP) is 3.88. The Morgan fingerprint density at radius 1 is 0.968 bits per heavy atom. The van der Waals surface area contributed by atoms with Gasteiger partial charge >= 0.3 is 0 Å². The first-order valence-corrected chi connectivity index (χ1v) is 10.7. The third-order valence-corrected chi connectivity index (χ3v) is 5.35. The van der Waals surface area contributed by atoms with Gasteiger partial charge in [0.05, 0.1) is 29.8 Å². The first kappa shape index (κ1) is 20.8. The molecule has 0 saturated heterocycles. The summed E-state index contributed by atoms with van der Waals surface area (Å²) in [5.74, 6) is -0.371. The Morgan fingerprint density at radius 2 is 1.68 bits per heavy atom. The minimum Gasteiger partial charge on any atom is -0.306 e. The van der Waals surface area contributed by atoms with Gasteiger partial charge in [0.15, 0.2) is 11.1 Å². The highest BCUT2D eigenvalue weighted by molar-refractivity contribution is 7.78. The second kappa shape index (κ2) is 9.11. The van der Waals surface area contributed by atoms with Crippen molar-refractivity contribution in [2.75, 3.05) is 0 Å². The molecule has 2 aromatic carbocycles. The van der Waals surface area contributed by atoms with E-state index in [2.05, 4.69) is 10.1 Å². The van der Waals surface area contributed by atoms with Crippen LogP contribution in [0.25, 0.3) is 22.3 Å². The van der Waals surface area contributed by atoms with E-state index in [-0.39, 0.29) is 17.9 Å². The van der Waals surface area contributed by atoms with Gasteiger partial charge in [0.2, 0.25) is 0 Å². The average molecular weight is 435 g/mol. The van der Waals surface area contributed by atoms with E-state index >= 15 is 0 Å². The van der Waals surface area contributed by atoms with Gasteiger partial charge in [-0.25, -0.2) is 13.3 Å². The van der Waals surface area contributed by atoms with Crippen LogP contribution in [-0.2, 0) is 23.4 Å². The number of aromatic nitrogens is 3. The molecule has 31 heavy (non-hydrogen) atoms. The van der Waals surface area contributed by atoms with Gasteiger partial charge in [-0.2, -0.15) is 5.10 Å². The zero-order valence-electron chi connectivity index (χ0n) is 16.3. The van der Waals surface area contributed by atoms with Gasteiger partial charge in [-0.05, 0) is 41.0 Å². The molecule has 0 spiro atoms. The van der Waals surface area contributed by atoms with Gasteiger partial charge in [-0.1, -0.05) is 42.5 Å². The van der Waals surface area contributed by atoms with Gasteiger partial charge in [0, 0.05) is 11.8 Å². The highest BCUT2D eigenvalue weighted by Crippen LogP contribution is 2.29. The standard InChI is InChI=1S/C23H18FN3O3S/c24-19-10-8-18(9-11-19)22-21(17-6-4-16(5-7-17)15-31(29)30)13-26-27(23(22)28)14-20-3-1-2-12-25-20/h1-13H,14-15H2,(H,29,30). The molecule has 6 nitrogen and oxygen atoms in total. The Morgan fingerprint density at radius 3 is 2.32 bits per heavy atom. The molecule has 0 amide bonds. The molecule has 8 heteroatoms. The minimum absolute atomic E-state index is 0.0228. The van der Waals surface area contributed by atoms with Crippen molar-refractivity contribution in [2.24, 2.45) is 0 Å². The molecule has 0 aliphatic carbocycles. The summed E-state index contributed by atoms with van der Waals surface area (Å²) in [6.07, 6.45) is 3.25. The SMILES string of the molecule is O=c1c(-c2ccc(F)cc2)c(-c2ccc(CS(=O)O)cc2)cnn1Cc1ccccn1. The summed E-state index contributed by atoms with van der Waals surface area (Å²) >= 11 is -1.94. The third kappa shape index (κ3) is 4.82. The van der Waals surface area contributed by atoms with Crippen LogP contribution in [0.1, 0.15) is 11.3 Å². The first-order chi connectivity index (χ1) is 15.0. The maximum absolute atomic E-state index is 13.5. The number of hydrogen-bond acceptors (Lipinski definition) is 4. The van der Waals surface area contributed by atoms with Crippen molar-refractivity contribution in [3.8, 4) is 22.3 Å². The summed E-state index contributed by atoms with van der Waals surface area (Å²) in [5, 5.41) is 4.33. The highest BCUT2D eigenvalue weighted by Gasteiger charge is 2.16. The molecule has 1 N–H and O–H groups in total. The summed E-state index contributed by atoms with van der Waals surface area (Å²) < 4.78 is 34.9. The molecule has 0 bridgehead atoms. The molecule has 156 valence electrons. The van der Waals surface area contributed by atoms with Crippen LogP contribution >= 0.6 is 0 Å². The van der Waals surface area contributed by atoms with Crippen molar-refractivity contribution < 1.29 is 13.2 Å². The molecule has 2 aromatic heterocycles. The fraction of sp³-hybridized carbons (Fsp3) is 0.0870. The lowest BCUT2D eigenvalue weighted by Gasteiger charge is -2.13. The molecule has 1 atom stereocenters. The van der Waals surface area contributed by atoms with Crippen LogP contribution in [0.2, 0.25) is 0 Å². The first-order valence-electron chi connectivity index (χ1n) is 9.44. The topological polar surface area (TPSA) is 85.1 Å². The van der Waals surface area contributed by atoms with E-state index in [1.807, 2.05) is 12.1 Å². The van der Waals surface area contributed by atoms with Crippen LogP contribution in [-0.4, -0.2) is 23.5 Å². The summed E-state index contributed by atoms with van der Waals surface area (Å²) in [5.41, 5.74) is 3.34. The molecule has 4 aromatic rings. The number of halogens is 1. The molecule has 0 saturated carbocycles. The van der Waals surface area contributed by atoms with E-state index < -0.39 is 16.9 Å². The molecular formula is C23H18FN3O3S. The maximum Gasteiger partial charge on any atom is 0.275 e. The molecule has 2 heterocycles. The second-order valence-corrected chi connectivity index (χ2v) is 7.82. The number of nitrogens with zero attached hydrogens (tertiary/aromatic N) is 3. The van der Waals surface area contributed by atoms with E-state index in [0.29, 0.717) is 27.9 Å². The third-order valence-electron chi connectivity index (χ3n) is 4.77. The lowest BCUT2D eigenvalue weighted by molar-refractivity contribution is 0.563. The Labute approximate surface area is 180 Å². The smallest absolute Gasteiger partial charge is 0.275 e. The zero-order chi connectivity index (χ0) is 21.8.